The van der Waals surface area contributed by atoms with Gasteiger partial charge in [0.2, 0.25) is 5.91 Å². The Hall–Kier alpha value is -1.55. The van der Waals surface area contributed by atoms with Crippen LogP contribution in [-0.2, 0) is 4.79 Å². The van der Waals surface area contributed by atoms with E-state index in [1.54, 1.807) is 0 Å². The lowest BCUT2D eigenvalue weighted by Gasteiger charge is -2.25. The fourth-order valence-corrected chi connectivity index (χ4v) is 2.67. The van der Waals surface area contributed by atoms with Gasteiger partial charge in [0.25, 0.3) is 0 Å². The minimum atomic E-state index is -0.0877. The summed E-state index contributed by atoms with van der Waals surface area (Å²) < 4.78 is 5.59. The molecule has 2 atom stereocenters. The molecular weight excluding hydrogens is 252 g/mol. The third-order valence-electron chi connectivity index (χ3n) is 3.99. The average Bonchev–Trinajstić information content (AvgIpc) is 2.50. The maximum Gasteiger partial charge on any atom is 0.227 e. The van der Waals surface area contributed by atoms with E-state index in [-0.39, 0.29) is 11.8 Å². The number of carbonyl (C=O) groups excluding carboxylic acids is 1. The molecule has 4 nitrogen and oxygen atoms in total. The van der Waals surface area contributed by atoms with Gasteiger partial charge < -0.3 is 15.8 Å². The van der Waals surface area contributed by atoms with Gasteiger partial charge in [-0.05, 0) is 31.4 Å². The normalized spacial score (nSPS) is 18.8. The number of fused-ring (bicyclic) bond motifs is 1. The molecule has 0 spiro atoms. The molecule has 4 heteroatoms. The molecule has 1 heterocycles. The molecule has 110 valence electrons. The van der Waals surface area contributed by atoms with E-state index in [4.69, 9.17) is 10.5 Å². The number of amides is 1. The zero-order valence-electron chi connectivity index (χ0n) is 12.1. The van der Waals surface area contributed by atoms with E-state index in [2.05, 4.69) is 12.2 Å². The summed E-state index contributed by atoms with van der Waals surface area (Å²) >= 11 is 0. The van der Waals surface area contributed by atoms with Crippen LogP contribution in [-0.4, -0.2) is 25.6 Å². The number of carbonyl (C=O) groups is 1. The molecule has 1 aliphatic heterocycles. The van der Waals surface area contributed by atoms with Gasteiger partial charge in [0, 0.05) is 12.1 Å². The Bertz CT molecular complexity index is 448. The first-order valence-electron chi connectivity index (χ1n) is 7.45. The summed E-state index contributed by atoms with van der Waals surface area (Å²) in [4.78, 5) is 12.4. The molecule has 0 saturated heterocycles. The molecule has 0 saturated carbocycles. The van der Waals surface area contributed by atoms with Crippen molar-refractivity contribution in [3.63, 3.8) is 0 Å². The van der Waals surface area contributed by atoms with Crippen molar-refractivity contribution in [3.8, 4) is 5.75 Å². The van der Waals surface area contributed by atoms with Crippen LogP contribution in [0.2, 0.25) is 0 Å². The first-order chi connectivity index (χ1) is 9.76. The van der Waals surface area contributed by atoms with Crippen LogP contribution in [0.1, 0.15) is 37.7 Å². The zero-order valence-corrected chi connectivity index (χ0v) is 12.1. The average molecular weight is 276 g/mol. The molecule has 0 aliphatic carbocycles. The predicted octanol–water partition coefficient (Wildman–Crippen LogP) is 2.04. The highest BCUT2D eigenvalue weighted by molar-refractivity contribution is 5.84. The summed E-state index contributed by atoms with van der Waals surface area (Å²) in [5.74, 6) is 1.33. The molecule has 1 aromatic rings. The van der Waals surface area contributed by atoms with E-state index in [0.29, 0.717) is 25.6 Å². The summed E-state index contributed by atoms with van der Waals surface area (Å²) in [6, 6.07) is 7.80. The van der Waals surface area contributed by atoms with Crippen LogP contribution in [0.3, 0.4) is 0 Å². The lowest BCUT2D eigenvalue weighted by Crippen LogP contribution is -2.35. The largest absolute Gasteiger partial charge is 0.493 e. The zero-order chi connectivity index (χ0) is 14.4. The van der Waals surface area contributed by atoms with Gasteiger partial charge in [-0.15, -0.1) is 0 Å². The van der Waals surface area contributed by atoms with Gasteiger partial charge in [-0.1, -0.05) is 31.5 Å². The van der Waals surface area contributed by atoms with Crippen LogP contribution in [0.4, 0.5) is 0 Å². The lowest BCUT2D eigenvalue weighted by atomic mass is 9.92. The van der Waals surface area contributed by atoms with Crippen LogP contribution in [0.5, 0.6) is 5.75 Å². The van der Waals surface area contributed by atoms with Crippen molar-refractivity contribution >= 4 is 5.91 Å². The van der Waals surface area contributed by atoms with Crippen molar-refractivity contribution < 1.29 is 9.53 Å². The molecule has 0 fully saturated rings. The van der Waals surface area contributed by atoms with Gasteiger partial charge in [-0.3, -0.25) is 4.79 Å². The van der Waals surface area contributed by atoms with Gasteiger partial charge in [-0.25, -0.2) is 0 Å². The Morgan fingerprint density at radius 1 is 1.50 bits per heavy atom. The minimum absolute atomic E-state index is 0.0877. The van der Waals surface area contributed by atoms with E-state index in [1.807, 2.05) is 24.3 Å². The van der Waals surface area contributed by atoms with E-state index < -0.39 is 0 Å². The quantitative estimate of drug-likeness (QED) is 0.835. The van der Waals surface area contributed by atoms with E-state index in [0.717, 1.165) is 30.6 Å². The smallest absolute Gasteiger partial charge is 0.227 e. The molecule has 3 N–H and O–H groups in total. The fraction of sp³-hybridized carbons (Fsp3) is 0.562. The summed E-state index contributed by atoms with van der Waals surface area (Å²) in [6.07, 6.45) is 2.75. The van der Waals surface area contributed by atoms with Crippen molar-refractivity contribution in [1.82, 2.24) is 5.32 Å². The van der Waals surface area contributed by atoms with Crippen LogP contribution in [0, 0.1) is 5.92 Å². The molecule has 1 amide bonds. The van der Waals surface area contributed by atoms with Gasteiger partial charge in [0.05, 0.1) is 12.5 Å². The molecule has 20 heavy (non-hydrogen) atoms. The van der Waals surface area contributed by atoms with Crippen LogP contribution >= 0.6 is 0 Å². The topological polar surface area (TPSA) is 64.3 Å². The third kappa shape index (κ3) is 3.51. The number of rotatable bonds is 6. The maximum absolute atomic E-state index is 12.4. The molecule has 1 aliphatic rings. The number of hydrogen-bond acceptors (Lipinski definition) is 3. The number of para-hydroxylation sites is 1. The SMILES string of the molecule is CCC(CCN)CNC(=O)C1CCOc2ccccc21. The van der Waals surface area contributed by atoms with E-state index in [1.165, 1.54) is 0 Å². The molecule has 1 aromatic carbocycles. The fourth-order valence-electron chi connectivity index (χ4n) is 2.67. The molecular formula is C16H24N2O2. The number of ether oxygens (including phenoxy) is 1. The molecule has 2 rings (SSSR count). The predicted molar refractivity (Wildman–Crippen MR) is 79.8 cm³/mol. The first kappa shape index (κ1) is 14.9. The molecule has 0 bridgehead atoms. The summed E-state index contributed by atoms with van der Waals surface area (Å²) in [7, 11) is 0. The van der Waals surface area contributed by atoms with Crippen molar-refractivity contribution in [2.75, 3.05) is 19.7 Å². The second-order valence-electron chi connectivity index (χ2n) is 5.32. The Kier molecular flexibility index (Phi) is 5.41. The van der Waals surface area contributed by atoms with Crippen molar-refractivity contribution in [2.45, 2.75) is 32.1 Å². The Morgan fingerprint density at radius 2 is 2.30 bits per heavy atom. The highest BCUT2D eigenvalue weighted by Crippen LogP contribution is 2.33. The second kappa shape index (κ2) is 7.29. The van der Waals surface area contributed by atoms with Gasteiger partial charge >= 0.3 is 0 Å². The van der Waals surface area contributed by atoms with Crippen LogP contribution < -0.4 is 15.8 Å². The van der Waals surface area contributed by atoms with Crippen LogP contribution in [0.15, 0.2) is 24.3 Å². The molecule has 2 unspecified atom stereocenters. The van der Waals surface area contributed by atoms with Crippen molar-refractivity contribution in [3.05, 3.63) is 29.8 Å². The van der Waals surface area contributed by atoms with Crippen LogP contribution in [0.25, 0.3) is 0 Å². The number of hydrogen-bond donors (Lipinski definition) is 2. The number of nitrogens with two attached hydrogens (primary N) is 1. The first-order valence-corrected chi connectivity index (χ1v) is 7.45. The lowest BCUT2D eigenvalue weighted by molar-refractivity contribution is -0.123. The summed E-state index contributed by atoms with van der Waals surface area (Å²) in [5, 5.41) is 3.08. The Labute approximate surface area is 120 Å². The minimum Gasteiger partial charge on any atom is -0.493 e. The molecule has 0 aromatic heterocycles. The third-order valence-corrected chi connectivity index (χ3v) is 3.99. The number of nitrogens with one attached hydrogen (secondary N) is 1. The summed E-state index contributed by atoms with van der Waals surface area (Å²) in [5.41, 5.74) is 6.59. The van der Waals surface area contributed by atoms with E-state index in [9.17, 15) is 4.79 Å². The van der Waals surface area contributed by atoms with Gasteiger partial charge in [0.1, 0.15) is 5.75 Å². The summed E-state index contributed by atoms with van der Waals surface area (Å²) in [6.45, 7) is 4.13. The standard InChI is InChI=1S/C16H24N2O2/c1-2-12(7-9-17)11-18-16(19)14-8-10-20-15-6-4-3-5-13(14)15/h3-6,12,14H,2,7-11,17H2,1H3,(H,18,19). The molecule has 0 radical (unpaired) electrons. The Balaban J connectivity index is 1.97. The van der Waals surface area contributed by atoms with E-state index >= 15 is 0 Å². The number of benzene rings is 1. The van der Waals surface area contributed by atoms with Gasteiger partial charge in [-0.2, -0.15) is 0 Å². The van der Waals surface area contributed by atoms with Gasteiger partial charge in [0.15, 0.2) is 0 Å². The second-order valence-corrected chi connectivity index (χ2v) is 5.32. The highest BCUT2D eigenvalue weighted by atomic mass is 16.5. The Morgan fingerprint density at radius 3 is 3.05 bits per heavy atom. The maximum atomic E-state index is 12.4. The van der Waals surface area contributed by atoms with Crippen molar-refractivity contribution in [1.29, 1.82) is 0 Å². The monoisotopic (exact) mass is 276 g/mol. The highest BCUT2D eigenvalue weighted by Gasteiger charge is 2.27. The van der Waals surface area contributed by atoms with Crippen molar-refractivity contribution in [2.24, 2.45) is 11.7 Å².